The smallest absolute Gasteiger partial charge is 0.319 e. The predicted molar refractivity (Wildman–Crippen MR) is 180 cm³/mol. The molecule has 0 aliphatic carbocycles. The summed E-state index contributed by atoms with van der Waals surface area (Å²) in [7, 11) is 0. The minimum absolute atomic E-state index is 0.0473. The molecule has 5 rings (SSSR count). The number of allylic oxidation sites excluding steroid dienone is 1. The van der Waals surface area contributed by atoms with Gasteiger partial charge in [0.2, 0.25) is 5.91 Å². The number of hydrogen-bond donors (Lipinski definition) is 0. The normalized spacial score (nSPS) is 16.8. The van der Waals surface area contributed by atoms with Gasteiger partial charge in [-0.15, -0.1) is 0 Å². The zero-order valence-electron chi connectivity index (χ0n) is 26.9. The van der Waals surface area contributed by atoms with E-state index in [1.807, 2.05) is 25.7 Å². The number of anilines is 1. The zero-order chi connectivity index (χ0) is 33.3. The lowest BCUT2D eigenvalue weighted by Gasteiger charge is -2.44. The van der Waals surface area contributed by atoms with Crippen LogP contribution in [0.1, 0.15) is 38.1 Å². The Kier molecular flexibility index (Phi) is 9.74. The van der Waals surface area contributed by atoms with E-state index in [0.29, 0.717) is 53.9 Å². The molecule has 0 N–H and O–H groups in total. The summed E-state index contributed by atoms with van der Waals surface area (Å²) in [6.45, 7) is 20.7. The Morgan fingerprint density at radius 3 is 2.37 bits per heavy atom. The fourth-order valence-corrected chi connectivity index (χ4v) is 6.63. The molecule has 1 aliphatic heterocycles. The molecule has 0 bridgehead atoms. The van der Waals surface area contributed by atoms with Crippen LogP contribution in [0, 0.1) is 12.7 Å². The van der Waals surface area contributed by atoms with Crippen LogP contribution in [-0.2, 0) is 4.79 Å². The second kappa shape index (κ2) is 13.6. The number of likely N-dealkylation sites (N-methyl/N-ethyl adjacent to an activating group) is 1. The second-order valence-electron chi connectivity index (χ2n) is 11.5. The maximum absolute atomic E-state index is 17.0. The molecule has 1 fully saturated rings. The molecular weight excluding hydrogens is 609 g/mol. The molecule has 1 amide bonds. The van der Waals surface area contributed by atoms with Crippen molar-refractivity contribution in [2.75, 3.05) is 44.2 Å². The van der Waals surface area contributed by atoms with Gasteiger partial charge in [-0.05, 0) is 63.7 Å². The van der Waals surface area contributed by atoms with Gasteiger partial charge in [0.05, 0.1) is 16.7 Å². The van der Waals surface area contributed by atoms with Crippen molar-refractivity contribution in [2.45, 2.75) is 46.7 Å². The number of fused-ring (bicyclic) bond motifs is 2. The molecule has 1 saturated heterocycles. The van der Waals surface area contributed by atoms with Crippen LogP contribution in [-0.4, -0.2) is 92.8 Å². The van der Waals surface area contributed by atoms with Gasteiger partial charge < -0.3 is 19.4 Å². The van der Waals surface area contributed by atoms with E-state index in [-0.39, 0.29) is 40.1 Å². The first-order valence-corrected chi connectivity index (χ1v) is 15.8. The van der Waals surface area contributed by atoms with Gasteiger partial charge in [0.25, 0.3) is 5.91 Å². The lowest BCUT2D eigenvalue weighted by atomic mass is 9.95. The number of aromatic nitrogens is 4. The molecule has 0 unspecified atom stereocenters. The number of benzene rings is 2. The highest BCUT2D eigenvalue weighted by Gasteiger charge is 2.34. The topological polar surface area (TPSA) is 96.7 Å². The van der Waals surface area contributed by atoms with Crippen molar-refractivity contribution in [3.63, 3.8) is 0 Å². The molecule has 4 aromatic rings. The average Bonchev–Trinajstić information content (AvgIpc) is 3.47. The first-order valence-electron chi connectivity index (χ1n) is 15.4. The van der Waals surface area contributed by atoms with Crippen LogP contribution in [0.25, 0.3) is 32.9 Å². The Bertz CT molecular complexity index is 1830. The van der Waals surface area contributed by atoms with Crippen molar-refractivity contribution in [1.29, 1.82) is 0 Å². The second-order valence-corrected chi connectivity index (χ2v) is 11.9. The van der Waals surface area contributed by atoms with Crippen LogP contribution in [0.3, 0.4) is 0 Å². The molecule has 10 nitrogen and oxygen atoms in total. The van der Waals surface area contributed by atoms with Crippen LogP contribution in [0.5, 0.6) is 6.01 Å². The first-order chi connectivity index (χ1) is 22.0. The lowest BCUT2D eigenvalue weighted by molar-refractivity contribution is -0.130. The summed E-state index contributed by atoms with van der Waals surface area (Å²) >= 11 is 6.93. The highest BCUT2D eigenvalue weighted by atomic mass is 35.5. The third-order valence-corrected chi connectivity index (χ3v) is 8.92. The van der Waals surface area contributed by atoms with E-state index in [1.54, 1.807) is 23.1 Å². The van der Waals surface area contributed by atoms with Crippen molar-refractivity contribution in [2.24, 2.45) is 0 Å². The number of aryl methyl sites for hydroxylation is 1. The molecule has 0 spiro atoms. The van der Waals surface area contributed by atoms with Crippen LogP contribution >= 0.6 is 11.6 Å². The number of hydrogen-bond acceptors (Lipinski definition) is 8. The standard InChI is InChI=1S/C34H39ClFN7O3/c1-8-27(44)42-21(6)18-41(19-22(42)7)33-23-16-25(35)30(29-20(5)12-13-26-24(29)17-37-43(26)28(45)9-2)31(36)32(23)38-34(39-33)46-15-14-40(10-3)11-4/h8-9,12-13,16-17,21-22H,1-2,10-11,14-15,18-19H2,3-7H3/t21-,22+. The number of halogens is 2. The molecule has 3 heterocycles. The summed E-state index contributed by atoms with van der Waals surface area (Å²) in [4.78, 5) is 40.4. The molecule has 0 saturated carbocycles. The zero-order valence-corrected chi connectivity index (χ0v) is 27.6. The number of rotatable bonds is 10. The van der Waals surface area contributed by atoms with Crippen LogP contribution in [0.4, 0.5) is 10.2 Å². The van der Waals surface area contributed by atoms with E-state index in [4.69, 9.17) is 21.3 Å². The van der Waals surface area contributed by atoms with Gasteiger partial charge in [0, 0.05) is 53.6 Å². The Balaban J connectivity index is 1.68. The van der Waals surface area contributed by atoms with Crippen LogP contribution in [0.2, 0.25) is 5.02 Å². The van der Waals surface area contributed by atoms with E-state index in [0.717, 1.165) is 18.7 Å². The number of ether oxygens (including phenoxy) is 1. The van der Waals surface area contributed by atoms with Crippen molar-refractivity contribution in [3.05, 3.63) is 66.1 Å². The van der Waals surface area contributed by atoms with Gasteiger partial charge in [-0.25, -0.2) is 4.39 Å². The van der Waals surface area contributed by atoms with Crippen LogP contribution in [0.15, 0.2) is 49.7 Å². The molecule has 12 heteroatoms. The maximum atomic E-state index is 17.0. The number of nitrogens with zero attached hydrogens (tertiary/aromatic N) is 7. The number of carbonyl (C=O) groups excluding carboxylic acids is 2. The SMILES string of the molecule is C=CC(=O)N1[C@H](C)CN(c2nc(OCCN(CC)CC)nc3c(F)c(-c4c(C)ccc5c4cnn5C(=O)C=C)c(Cl)cc23)C[C@@H]1C. The summed E-state index contributed by atoms with van der Waals surface area (Å²) in [6.07, 6.45) is 4.02. The van der Waals surface area contributed by atoms with Crippen molar-refractivity contribution in [3.8, 4) is 17.1 Å². The third kappa shape index (κ3) is 5.96. The number of piperazine rings is 1. The Labute approximate surface area is 273 Å². The first kappa shape index (κ1) is 33.0. The molecule has 2 aromatic carbocycles. The van der Waals surface area contributed by atoms with Crippen molar-refractivity contribution in [1.82, 2.24) is 29.5 Å². The van der Waals surface area contributed by atoms with Gasteiger partial charge in [-0.2, -0.15) is 19.7 Å². The Morgan fingerprint density at radius 1 is 1.07 bits per heavy atom. The molecular formula is C34H39ClFN7O3. The van der Waals surface area contributed by atoms with Gasteiger partial charge in [0.1, 0.15) is 17.9 Å². The van der Waals surface area contributed by atoms with Crippen molar-refractivity contribution < 1.29 is 18.7 Å². The van der Waals surface area contributed by atoms with Crippen molar-refractivity contribution >= 4 is 51.0 Å². The molecule has 2 atom stereocenters. The average molecular weight is 648 g/mol. The van der Waals surface area contributed by atoms with E-state index in [2.05, 4.69) is 42.0 Å². The largest absolute Gasteiger partial charge is 0.462 e. The minimum atomic E-state index is -0.639. The summed E-state index contributed by atoms with van der Waals surface area (Å²) in [5.41, 5.74) is 1.95. The van der Waals surface area contributed by atoms with E-state index < -0.39 is 11.7 Å². The number of carbonyl (C=O) groups is 2. The maximum Gasteiger partial charge on any atom is 0.319 e. The fourth-order valence-electron chi connectivity index (χ4n) is 6.34. The summed E-state index contributed by atoms with van der Waals surface area (Å²) in [6, 6.07) is 4.95. The summed E-state index contributed by atoms with van der Waals surface area (Å²) in [5, 5.41) is 5.39. The van der Waals surface area contributed by atoms with E-state index >= 15 is 4.39 Å². The fraction of sp³-hybridized carbons (Fsp3) is 0.382. The number of amides is 1. The Hall–Kier alpha value is -4.35. The van der Waals surface area contributed by atoms with Crippen LogP contribution < -0.4 is 9.64 Å². The van der Waals surface area contributed by atoms with Gasteiger partial charge in [-0.3, -0.25) is 9.59 Å². The van der Waals surface area contributed by atoms with Gasteiger partial charge in [0.15, 0.2) is 5.82 Å². The predicted octanol–water partition coefficient (Wildman–Crippen LogP) is 5.91. The monoisotopic (exact) mass is 647 g/mol. The van der Waals surface area contributed by atoms with Gasteiger partial charge >= 0.3 is 6.01 Å². The minimum Gasteiger partial charge on any atom is -0.462 e. The molecule has 0 radical (unpaired) electrons. The molecule has 2 aromatic heterocycles. The molecule has 242 valence electrons. The molecule has 46 heavy (non-hydrogen) atoms. The highest BCUT2D eigenvalue weighted by molar-refractivity contribution is 6.35. The highest BCUT2D eigenvalue weighted by Crippen LogP contribution is 2.43. The van der Waals surface area contributed by atoms with E-state index in [1.165, 1.54) is 23.0 Å². The quantitative estimate of drug-likeness (QED) is 0.196. The third-order valence-electron chi connectivity index (χ3n) is 8.62. The summed E-state index contributed by atoms with van der Waals surface area (Å²) < 4.78 is 24.2. The molecule has 1 aliphatic rings. The Morgan fingerprint density at radius 2 is 1.74 bits per heavy atom. The van der Waals surface area contributed by atoms with E-state index in [9.17, 15) is 9.59 Å². The van der Waals surface area contributed by atoms with Gasteiger partial charge in [-0.1, -0.05) is 44.7 Å². The summed E-state index contributed by atoms with van der Waals surface area (Å²) in [5.74, 6) is -0.718. The lowest BCUT2D eigenvalue weighted by Crippen LogP contribution is -2.58.